The summed E-state index contributed by atoms with van der Waals surface area (Å²) in [6, 6.07) is -0.919. The third-order valence-corrected chi connectivity index (χ3v) is 5.26. The third kappa shape index (κ3) is 3.59. The number of aliphatic hydroxyl groups is 2. The molecule has 1 aliphatic rings. The molecule has 142 valence electrons. The normalized spacial score (nSPS) is 27.0. The number of hydrogen-bond donors (Lipinski definition) is 5. The average Bonchev–Trinajstić information content (AvgIpc) is 3.15. The summed E-state index contributed by atoms with van der Waals surface area (Å²) >= 11 is 1.40. The number of ether oxygens (including phenoxy) is 1. The number of hydrogen-bond acceptors (Lipinski definition) is 10. The van der Waals surface area contributed by atoms with Crippen molar-refractivity contribution in [3.8, 4) is 0 Å². The van der Waals surface area contributed by atoms with E-state index < -0.39 is 36.6 Å². The number of thioether (sulfide) groups is 1. The van der Waals surface area contributed by atoms with Gasteiger partial charge in [0.2, 0.25) is 0 Å². The molecule has 26 heavy (non-hydrogen) atoms. The van der Waals surface area contributed by atoms with Crippen molar-refractivity contribution in [2.24, 2.45) is 5.73 Å². The summed E-state index contributed by atoms with van der Waals surface area (Å²) in [5.74, 6) is 0.0405. The van der Waals surface area contributed by atoms with Crippen LogP contribution in [0.1, 0.15) is 12.6 Å². The maximum absolute atomic E-state index is 10.7. The Labute approximate surface area is 152 Å². The number of fused-ring (bicyclic) bond motifs is 1. The van der Waals surface area contributed by atoms with E-state index in [-0.39, 0.29) is 5.82 Å². The van der Waals surface area contributed by atoms with Crippen LogP contribution in [-0.2, 0) is 9.53 Å². The molecule has 0 radical (unpaired) electrons. The van der Waals surface area contributed by atoms with E-state index in [1.807, 2.05) is 0 Å². The van der Waals surface area contributed by atoms with Gasteiger partial charge in [0, 0.05) is 5.75 Å². The first-order valence-electron chi connectivity index (χ1n) is 7.91. The first-order valence-corrected chi connectivity index (χ1v) is 9.06. The summed E-state index contributed by atoms with van der Waals surface area (Å²) in [4.78, 5) is 22.8. The number of nitrogens with zero attached hydrogens (tertiary/aromatic N) is 4. The Morgan fingerprint density at radius 3 is 2.85 bits per heavy atom. The predicted octanol–water partition coefficient (Wildman–Crippen LogP) is -1.44. The van der Waals surface area contributed by atoms with Crippen LogP contribution >= 0.6 is 11.8 Å². The SMILES string of the molecule is N[C@@H](CCS[13CH2][13C@H]1O[13C@@H](n2[13cH]n[13c]3[13c](N)n[13cH]n[13c]32)[13C@H](O)[13C@@H]1O)C(=O)O. The fourth-order valence-electron chi connectivity index (χ4n) is 2.69. The predicted molar refractivity (Wildman–Crippen MR) is 93.2 cm³/mol. The second-order valence-corrected chi connectivity index (χ2v) is 7.09. The maximum Gasteiger partial charge on any atom is 0.320 e. The molecular formula is C14H20N6O5S. The molecule has 0 spiro atoms. The van der Waals surface area contributed by atoms with Gasteiger partial charge in [-0.2, -0.15) is 11.8 Å². The van der Waals surface area contributed by atoms with Gasteiger partial charge in [-0.25, -0.2) is 15.0 Å². The van der Waals surface area contributed by atoms with E-state index in [0.717, 1.165) is 0 Å². The number of aliphatic hydroxyl groups excluding tert-OH is 2. The van der Waals surface area contributed by atoms with Gasteiger partial charge in [0.15, 0.2) is 17.7 Å². The number of carboxylic acid groups (broad SMARTS) is 1. The fourth-order valence-corrected chi connectivity index (χ4v) is 3.78. The topological polar surface area (TPSA) is 183 Å². The van der Waals surface area contributed by atoms with Crippen molar-refractivity contribution in [3.63, 3.8) is 0 Å². The quantitative estimate of drug-likeness (QED) is 0.274. The molecule has 12 heteroatoms. The Morgan fingerprint density at radius 1 is 1.35 bits per heavy atom. The van der Waals surface area contributed by atoms with Gasteiger partial charge >= 0.3 is 5.97 Å². The van der Waals surface area contributed by atoms with Crippen LogP contribution in [0, 0.1) is 0 Å². The van der Waals surface area contributed by atoms with Crippen molar-refractivity contribution in [3.05, 3.63) is 12.7 Å². The molecule has 11 nitrogen and oxygen atoms in total. The van der Waals surface area contributed by atoms with Crippen molar-refractivity contribution < 1.29 is 24.9 Å². The van der Waals surface area contributed by atoms with Crippen LogP contribution in [-0.4, -0.2) is 76.7 Å². The zero-order chi connectivity index (χ0) is 18.8. The average molecular weight is 394 g/mol. The molecule has 3 rings (SSSR count). The first-order chi connectivity index (χ1) is 12.4. The molecule has 0 unspecified atom stereocenters. The van der Waals surface area contributed by atoms with Crippen LogP contribution in [0.2, 0.25) is 0 Å². The number of carboxylic acids is 1. The van der Waals surface area contributed by atoms with Crippen LogP contribution in [0.5, 0.6) is 0 Å². The number of aromatic nitrogens is 4. The maximum atomic E-state index is 10.7. The monoisotopic (exact) mass is 394 g/mol. The second-order valence-electron chi connectivity index (χ2n) is 5.94. The molecule has 5 atom stereocenters. The van der Waals surface area contributed by atoms with Crippen molar-refractivity contribution >= 4 is 34.7 Å². The van der Waals surface area contributed by atoms with Gasteiger partial charge in [0.05, 0.1) is 12.4 Å². The molecule has 0 aliphatic carbocycles. The molecule has 0 saturated carbocycles. The second kappa shape index (κ2) is 7.72. The molecule has 1 fully saturated rings. The molecule has 2 aromatic heterocycles. The molecule has 7 N–H and O–H groups in total. The fraction of sp³-hybridized carbons (Fsp3) is 0.571. The summed E-state index contributed by atoms with van der Waals surface area (Å²) in [5.41, 5.74) is 12.0. The summed E-state index contributed by atoms with van der Waals surface area (Å²) < 4.78 is 7.29. The highest BCUT2D eigenvalue weighted by atomic mass is 32.2. The van der Waals surface area contributed by atoms with Gasteiger partial charge in [-0.1, -0.05) is 0 Å². The molecule has 0 bridgehead atoms. The highest BCUT2D eigenvalue weighted by molar-refractivity contribution is 7.99. The van der Waals surface area contributed by atoms with E-state index in [9.17, 15) is 15.0 Å². The molecule has 1 aliphatic heterocycles. The lowest BCUT2D eigenvalue weighted by Crippen LogP contribution is -2.33. The number of rotatable bonds is 7. The lowest BCUT2D eigenvalue weighted by Gasteiger charge is -2.16. The highest BCUT2D eigenvalue weighted by Gasteiger charge is 2.44. The van der Waals surface area contributed by atoms with Crippen LogP contribution in [0.3, 0.4) is 0 Å². The number of nitrogens with two attached hydrogens (primary N) is 2. The molecule has 0 aromatic carbocycles. The van der Waals surface area contributed by atoms with Gasteiger partial charge in [-0.05, 0) is 12.2 Å². The lowest BCUT2D eigenvalue weighted by atomic mass is 10.2. The Morgan fingerprint density at radius 2 is 2.12 bits per heavy atom. The number of carbonyl (C=O) groups is 1. The largest absolute Gasteiger partial charge is 0.480 e. The van der Waals surface area contributed by atoms with Gasteiger partial charge < -0.3 is 31.5 Å². The highest BCUT2D eigenvalue weighted by Crippen LogP contribution is 2.33. The minimum absolute atomic E-state index is 0.212. The van der Waals surface area contributed by atoms with E-state index in [0.29, 0.717) is 29.1 Å². The van der Waals surface area contributed by atoms with Crippen molar-refractivity contribution in [1.29, 1.82) is 0 Å². The molecular weight excluding hydrogens is 374 g/mol. The van der Waals surface area contributed by atoms with Crippen LogP contribution in [0.4, 0.5) is 5.82 Å². The van der Waals surface area contributed by atoms with E-state index in [1.165, 1.54) is 29.0 Å². The Kier molecular flexibility index (Phi) is 5.58. The van der Waals surface area contributed by atoms with Gasteiger partial charge in [-0.3, -0.25) is 9.36 Å². The van der Waals surface area contributed by atoms with Crippen LogP contribution in [0.25, 0.3) is 11.2 Å². The molecule has 0 amide bonds. The first kappa shape index (κ1) is 18.8. The molecule has 3 heterocycles. The third-order valence-electron chi connectivity index (χ3n) is 4.17. The Bertz CT molecular complexity index is 788. The van der Waals surface area contributed by atoms with Gasteiger partial charge in [-0.15, -0.1) is 0 Å². The molecule has 2 aromatic rings. The number of imidazole rings is 1. The summed E-state index contributed by atoms with van der Waals surface area (Å²) in [7, 11) is 0. The van der Waals surface area contributed by atoms with E-state index in [1.54, 1.807) is 0 Å². The van der Waals surface area contributed by atoms with E-state index >= 15 is 0 Å². The van der Waals surface area contributed by atoms with E-state index in [4.69, 9.17) is 21.3 Å². The van der Waals surface area contributed by atoms with E-state index in [2.05, 4.69) is 15.0 Å². The Hall–Kier alpha value is -1.99. The number of nitrogen functional groups attached to an aromatic ring is 1. The van der Waals surface area contributed by atoms with Gasteiger partial charge in [0.1, 0.15) is 30.1 Å². The van der Waals surface area contributed by atoms with Crippen molar-refractivity contribution in [2.45, 2.75) is 37.0 Å². The minimum atomic E-state index is -1.17. The van der Waals surface area contributed by atoms with Gasteiger partial charge in [0.25, 0.3) is 0 Å². The number of anilines is 1. The zero-order valence-corrected chi connectivity index (χ0v) is 14.5. The van der Waals surface area contributed by atoms with Crippen LogP contribution in [0.15, 0.2) is 12.7 Å². The smallest absolute Gasteiger partial charge is 0.320 e. The standard InChI is InChI=1S/C14H20N6O5S/c15-6(14(23)24)1-2-26-3-7-9(21)10(22)13(25-7)20-5-19-8-11(16)17-4-18-12(8)20/h4-7,9-10,13,21-22H,1-3,15H2,(H,23,24)(H2,16,17,18)/t6-,7+,9+,10+,13+/m0/s1/i3+1,4+1,5+1,7+1,8+1,9+1,10+1,11+1,12+1,13+1. The van der Waals surface area contributed by atoms with Crippen molar-refractivity contribution in [1.82, 2.24) is 19.5 Å². The zero-order valence-electron chi connectivity index (χ0n) is 13.7. The minimum Gasteiger partial charge on any atom is -0.480 e. The summed E-state index contributed by atoms with van der Waals surface area (Å²) in [5, 5.41) is 29.3. The van der Waals surface area contributed by atoms with Crippen molar-refractivity contribution in [2.75, 3.05) is 17.2 Å². The Balaban J connectivity index is 1.64. The lowest BCUT2D eigenvalue weighted by molar-refractivity contribution is -0.138. The summed E-state index contributed by atoms with van der Waals surface area (Å²) in [6.07, 6.45) is -0.747. The van der Waals surface area contributed by atoms with Crippen LogP contribution < -0.4 is 11.5 Å². The summed E-state index contributed by atoms with van der Waals surface area (Å²) in [6.45, 7) is 0. The number of aliphatic carboxylic acids is 1. The molecule has 1 saturated heterocycles.